The topological polar surface area (TPSA) is 86.2 Å². The Balaban J connectivity index is 1.81. The molecule has 6 heteroatoms. The first-order valence-electron chi connectivity index (χ1n) is 10.6. The molecule has 1 aromatic heterocycles. The van der Waals surface area contributed by atoms with E-state index >= 15 is 0 Å². The maximum atomic E-state index is 14.1. The van der Waals surface area contributed by atoms with Crippen LogP contribution in [0, 0.1) is 28.5 Å². The van der Waals surface area contributed by atoms with E-state index in [-0.39, 0.29) is 11.1 Å². The molecule has 0 aliphatic rings. The molecule has 0 aliphatic heterocycles. The van der Waals surface area contributed by atoms with E-state index in [0.717, 1.165) is 16.7 Å². The monoisotopic (exact) mass is 455 g/mol. The Morgan fingerprint density at radius 1 is 0.743 bits per heavy atom. The second kappa shape index (κ2) is 10.2. The van der Waals surface area contributed by atoms with Crippen molar-refractivity contribution in [1.29, 1.82) is 10.5 Å². The molecule has 0 saturated carbocycles. The summed E-state index contributed by atoms with van der Waals surface area (Å²) < 4.78 is 14.1. The van der Waals surface area contributed by atoms with Crippen LogP contribution in [0.15, 0.2) is 98.1 Å². The number of benzene rings is 3. The molecule has 0 radical (unpaired) electrons. The Labute approximate surface area is 202 Å². The summed E-state index contributed by atoms with van der Waals surface area (Å²) in [6, 6.07) is 23.3. The van der Waals surface area contributed by atoms with Crippen LogP contribution in [-0.2, 0) is 0 Å². The average Bonchev–Trinajstić information content (AvgIpc) is 2.92. The van der Waals surface area contributed by atoms with Crippen molar-refractivity contribution >= 4 is 5.57 Å². The highest BCUT2D eigenvalue weighted by molar-refractivity contribution is 5.74. The Morgan fingerprint density at radius 3 is 1.80 bits per heavy atom. The van der Waals surface area contributed by atoms with Crippen LogP contribution in [0.25, 0.3) is 39.5 Å². The van der Waals surface area contributed by atoms with E-state index in [4.69, 9.17) is 0 Å². The first-order chi connectivity index (χ1) is 17.1. The summed E-state index contributed by atoms with van der Waals surface area (Å²) in [6.07, 6.45) is 5.08. The number of hydrogen-bond donors (Lipinski definition) is 0. The van der Waals surface area contributed by atoms with Crippen LogP contribution in [0.2, 0.25) is 0 Å². The van der Waals surface area contributed by atoms with E-state index in [9.17, 15) is 14.9 Å². The van der Waals surface area contributed by atoms with Gasteiger partial charge in [0.25, 0.3) is 0 Å². The number of hydrogen-bond acceptors (Lipinski definition) is 5. The molecule has 35 heavy (non-hydrogen) atoms. The minimum Gasteiger partial charge on any atom is -0.208 e. The van der Waals surface area contributed by atoms with Crippen LogP contribution in [0.5, 0.6) is 0 Å². The van der Waals surface area contributed by atoms with Crippen LogP contribution >= 0.6 is 0 Å². The third-order valence-electron chi connectivity index (χ3n) is 5.23. The molecular formula is C29H18FN5. The molecule has 0 unspecified atom stereocenters. The van der Waals surface area contributed by atoms with Gasteiger partial charge in [-0.3, -0.25) is 0 Å². The zero-order valence-electron chi connectivity index (χ0n) is 18.6. The average molecular weight is 455 g/mol. The fraction of sp³-hybridized carbons (Fsp3) is 0. The Morgan fingerprint density at radius 2 is 1.29 bits per heavy atom. The van der Waals surface area contributed by atoms with Crippen LogP contribution < -0.4 is 0 Å². The standard InChI is InChI=1S/C29H18FN5/c1-3-8-19(4-2)27-33-28(21-9-6-5-7-10-21)35-29(34-27)22-13-11-20(12-14-22)23-15-24(17-31)26(30)25(16-23)18-32/h3-16H,1-2H2/b19-8+. The van der Waals surface area contributed by atoms with Crippen LogP contribution in [0.3, 0.4) is 0 Å². The zero-order valence-corrected chi connectivity index (χ0v) is 18.6. The van der Waals surface area contributed by atoms with Gasteiger partial charge >= 0.3 is 0 Å². The number of nitrogens with zero attached hydrogens (tertiary/aromatic N) is 5. The molecule has 4 aromatic rings. The minimum absolute atomic E-state index is 0.177. The zero-order chi connectivity index (χ0) is 24.8. The van der Waals surface area contributed by atoms with Crippen molar-refractivity contribution < 1.29 is 4.39 Å². The molecule has 0 fully saturated rings. The summed E-state index contributed by atoms with van der Waals surface area (Å²) in [7, 11) is 0. The molecule has 5 nitrogen and oxygen atoms in total. The van der Waals surface area contributed by atoms with E-state index < -0.39 is 5.82 Å². The van der Waals surface area contributed by atoms with Gasteiger partial charge in [-0.05, 0) is 23.3 Å². The van der Waals surface area contributed by atoms with Crippen LogP contribution in [-0.4, -0.2) is 15.0 Å². The summed E-state index contributed by atoms with van der Waals surface area (Å²) in [6.45, 7) is 7.60. The molecule has 0 aliphatic carbocycles. The lowest BCUT2D eigenvalue weighted by molar-refractivity contribution is 0.620. The van der Waals surface area contributed by atoms with E-state index in [1.807, 2.05) is 54.6 Å². The Bertz CT molecular complexity index is 1500. The second-order valence-corrected chi connectivity index (χ2v) is 7.42. The molecule has 0 bridgehead atoms. The third-order valence-corrected chi connectivity index (χ3v) is 5.23. The number of nitriles is 2. The molecule has 0 saturated heterocycles. The molecule has 0 atom stereocenters. The highest BCUT2D eigenvalue weighted by atomic mass is 19.1. The fourth-order valence-corrected chi connectivity index (χ4v) is 3.48. The predicted molar refractivity (Wildman–Crippen MR) is 134 cm³/mol. The third kappa shape index (κ3) is 4.78. The van der Waals surface area contributed by atoms with Crippen molar-refractivity contribution in [3.8, 4) is 46.0 Å². The van der Waals surface area contributed by atoms with E-state index in [0.29, 0.717) is 28.6 Å². The number of aromatic nitrogens is 3. The number of halogens is 1. The maximum absolute atomic E-state index is 14.1. The Hall–Kier alpha value is -5.20. The molecule has 166 valence electrons. The molecule has 0 amide bonds. The van der Waals surface area contributed by atoms with Crippen molar-refractivity contribution in [2.45, 2.75) is 0 Å². The minimum atomic E-state index is -0.813. The number of rotatable bonds is 6. The summed E-state index contributed by atoms with van der Waals surface area (Å²) in [5, 5.41) is 18.4. The first-order valence-corrected chi connectivity index (χ1v) is 10.6. The van der Waals surface area contributed by atoms with Gasteiger partial charge in [0.1, 0.15) is 12.1 Å². The van der Waals surface area contributed by atoms with Crippen molar-refractivity contribution in [1.82, 2.24) is 15.0 Å². The smallest absolute Gasteiger partial charge is 0.164 e. The summed E-state index contributed by atoms with van der Waals surface area (Å²) >= 11 is 0. The van der Waals surface area contributed by atoms with Gasteiger partial charge < -0.3 is 0 Å². The van der Waals surface area contributed by atoms with Gasteiger partial charge in [0.15, 0.2) is 23.3 Å². The van der Waals surface area contributed by atoms with Gasteiger partial charge in [-0.15, -0.1) is 0 Å². The lowest BCUT2D eigenvalue weighted by Gasteiger charge is -2.09. The maximum Gasteiger partial charge on any atom is 0.164 e. The van der Waals surface area contributed by atoms with E-state index in [1.165, 1.54) is 12.1 Å². The SMILES string of the molecule is C=C/C=C(\C=C)c1nc(-c2ccccc2)nc(-c2ccc(-c3cc(C#N)c(F)c(C#N)c3)cc2)n1. The predicted octanol–water partition coefficient (Wildman–Crippen LogP) is 6.51. The molecular weight excluding hydrogens is 437 g/mol. The second-order valence-electron chi connectivity index (χ2n) is 7.42. The molecule has 3 aromatic carbocycles. The highest BCUT2D eigenvalue weighted by Crippen LogP contribution is 2.28. The lowest BCUT2D eigenvalue weighted by Crippen LogP contribution is -2.02. The molecule has 0 N–H and O–H groups in total. The van der Waals surface area contributed by atoms with Gasteiger partial charge in [-0.25, -0.2) is 19.3 Å². The summed E-state index contributed by atoms with van der Waals surface area (Å²) in [5.41, 5.74) is 3.22. The quantitative estimate of drug-likeness (QED) is 0.309. The van der Waals surface area contributed by atoms with Crippen molar-refractivity contribution in [2.24, 2.45) is 0 Å². The van der Waals surface area contributed by atoms with Crippen molar-refractivity contribution in [3.63, 3.8) is 0 Å². The van der Waals surface area contributed by atoms with E-state index in [2.05, 4.69) is 28.1 Å². The largest absolute Gasteiger partial charge is 0.208 e. The molecule has 1 heterocycles. The van der Waals surface area contributed by atoms with Crippen LogP contribution in [0.1, 0.15) is 17.0 Å². The fourth-order valence-electron chi connectivity index (χ4n) is 3.48. The van der Waals surface area contributed by atoms with Crippen LogP contribution in [0.4, 0.5) is 4.39 Å². The van der Waals surface area contributed by atoms with Gasteiger partial charge in [-0.2, -0.15) is 10.5 Å². The summed E-state index contributed by atoms with van der Waals surface area (Å²) in [4.78, 5) is 13.9. The van der Waals surface area contributed by atoms with Crippen molar-refractivity contribution in [3.05, 3.63) is 121 Å². The lowest BCUT2D eigenvalue weighted by atomic mass is 9.99. The van der Waals surface area contributed by atoms with Gasteiger partial charge in [0, 0.05) is 16.7 Å². The Kier molecular flexibility index (Phi) is 6.67. The van der Waals surface area contributed by atoms with Gasteiger partial charge in [-0.1, -0.05) is 86.0 Å². The van der Waals surface area contributed by atoms with Crippen molar-refractivity contribution in [2.75, 3.05) is 0 Å². The number of allylic oxidation sites excluding steroid dienone is 4. The van der Waals surface area contributed by atoms with Gasteiger partial charge in [0.2, 0.25) is 0 Å². The van der Waals surface area contributed by atoms with Gasteiger partial charge in [0.05, 0.1) is 11.1 Å². The first kappa shape index (κ1) is 23.0. The molecule has 0 spiro atoms. The van der Waals surface area contributed by atoms with E-state index in [1.54, 1.807) is 30.4 Å². The highest BCUT2D eigenvalue weighted by Gasteiger charge is 2.14. The molecule has 4 rings (SSSR count). The summed E-state index contributed by atoms with van der Waals surface area (Å²) in [5.74, 6) is 0.630. The normalized spacial score (nSPS) is 10.8.